The third-order valence-electron chi connectivity index (χ3n) is 4.42. The second-order valence-electron chi connectivity index (χ2n) is 6.57. The van der Waals surface area contributed by atoms with E-state index in [1.807, 2.05) is 0 Å². The number of aliphatic hydroxyl groups is 1. The Morgan fingerprint density at radius 1 is 1.27 bits per heavy atom. The molecule has 0 aliphatic carbocycles. The van der Waals surface area contributed by atoms with Crippen molar-refractivity contribution < 1.29 is 37.8 Å². The highest BCUT2D eigenvalue weighted by molar-refractivity contribution is 7.51. The number of aliphatic carboxylic acids is 1. The van der Waals surface area contributed by atoms with Gasteiger partial charge in [0, 0.05) is 26.0 Å². The molecule has 0 radical (unpaired) electrons. The van der Waals surface area contributed by atoms with E-state index in [2.05, 4.69) is 9.97 Å². The molecular weight excluding hydrogens is 454 g/mol. The first-order valence-corrected chi connectivity index (χ1v) is 12.1. The molecule has 30 heavy (non-hydrogen) atoms. The first-order valence-electron chi connectivity index (χ1n) is 8.78. The largest absolute Gasteiger partial charge is 0.481 e. The fraction of sp³-hybridized carbons (Fsp3) is 0.500. The molecule has 0 bridgehead atoms. The monoisotopic (exact) mass is 475 g/mol. The van der Waals surface area contributed by atoms with E-state index in [0.717, 1.165) is 11.3 Å². The van der Waals surface area contributed by atoms with Crippen molar-refractivity contribution in [1.82, 2.24) is 9.97 Å². The SMILES string of the molecule is Cc1ncc(C[n+]2c(C(O)CCC(=O)O)sc(CC(P(=O)=O)P(=O)=O)c2C)c(N)n1. The topological polar surface area (TPSA) is 181 Å². The minimum absolute atomic E-state index is 0.0658. The maximum atomic E-state index is 11.3. The quantitative estimate of drug-likeness (QED) is 0.340. The molecule has 0 aromatic carbocycles. The van der Waals surface area contributed by atoms with Crippen LogP contribution in [0.2, 0.25) is 0 Å². The standard InChI is InChI=1S/C16H20N4O7P2S/c1-8-12(5-14(28(24)25)29(26)27)30-16(11(21)3-4-13(22)23)20(8)7-10-6-18-9(2)19-15(10)17/h6,11,14,21H,3-5,7H2,1-2H3,(H2-,17,18,19,22,23)/p+1. The molecule has 11 nitrogen and oxygen atoms in total. The number of anilines is 1. The van der Waals surface area contributed by atoms with Crippen LogP contribution >= 0.6 is 26.7 Å². The zero-order valence-electron chi connectivity index (χ0n) is 16.2. The molecule has 2 aromatic rings. The number of hydrogen-bond acceptors (Lipinski definition) is 10. The summed E-state index contributed by atoms with van der Waals surface area (Å²) in [5.41, 5.74) is 7.04. The number of carboxylic acid groups (broad SMARTS) is 1. The van der Waals surface area contributed by atoms with Gasteiger partial charge in [0.1, 0.15) is 17.7 Å². The molecular formula is C16H21N4O7P2S+. The molecule has 0 aliphatic heterocycles. The molecule has 162 valence electrons. The van der Waals surface area contributed by atoms with Gasteiger partial charge in [0.05, 0.1) is 10.4 Å². The normalized spacial score (nSPS) is 12.1. The number of aliphatic hydroxyl groups excluding tert-OH is 1. The van der Waals surface area contributed by atoms with Crippen molar-refractivity contribution in [3.8, 4) is 0 Å². The van der Waals surface area contributed by atoms with Gasteiger partial charge in [-0.05, 0) is 13.3 Å². The van der Waals surface area contributed by atoms with Crippen LogP contribution in [0, 0.1) is 13.8 Å². The summed E-state index contributed by atoms with van der Waals surface area (Å²) in [6, 6.07) is 0. The Bertz CT molecular complexity index is 1060. The minimum atomic E-state index is -3.21. The predicted molar refractivity (Wildman–Crippen MR) is 105 cm³/mol. The molecule has 0 aliphatic rings. The van der Waals surface area contributed by atoms with Gasteiger partial charge in [-0.15, -0.1) is 0 Å². The van der Waals surface area contributed by atoms with Gasteiger partial charge in [-0.1, -0.05) is 11.3 Å². The van der Waals surface area contributed by atoms with Crippen molar-refractivity contribution in [3.63, 3.8) is 0 Å². The van der Waals surface area contributed by atoms with Crippen LogP contribution in [0.4, 0.5) is 5.82 Å². The number of hydrogen-bond donors (Lipinski definition) is 3. The lowest BCUT2D eigenvalue weighted by molar-refractivity contribution is -0.700. The van der Waals surface area contributed by atoms with Crippen LogP contribution in [-0.4, -0.2) is 31.6 Å². The van der Waals surface area contributed by atoms with Gasteiger partial charge in [0.25, 0.3) is 5.01 Å². The summed E-state index contributed by atoms with van der Waals surface area (Å²) in [6.07, 6.45) is -0.221. The van der Waals surface area contributed by atoms with Gasteiger partial charge in [-0.25, -0.2) is 28.2 Å². The van der Waals surface area contributed by atoms with Crippen LogP contribution in [0.5, 0.6) is 0 Å². The summed E-state index contributed by atoms with van der Waals surface area (Å²) in [7, 11) is -6.41. The van der Waals surface area contributed by atoms with E-state index in [1.54, 1.807) is 18.4 Å². The summed E-state index contributed by atoms with van der Waals surface area (Å²) in [5, 5.41) is 18.2. The lowest BCUT2D eigenvalue weighted by atomic mass is 10.2. The number of nitrogen functional groups attached to an aromatic ring is 1. The second kappa shape index (κ2) is 10.2. The zero-order chi connectivity index (χ0) is 22.6. The van der Waals surface area contributed by atoms with E-state index < -0.39 is 32.8 Å². The highest BCUT2D eigenvalue weighted by Crippen LogP contribution is 2.36. The highest BCUT2D eigenvalue weighted by Gasteiger charge is 2.33. The van der Waals surface area contributed by atoms with Crippen molar-refractivity contribution in [3.05, 3.63) is 33.2 Å². The van der Waals surface area contributed by atoms with E-state index in [9.17, 15) is 28.2 Å². The average Bonchev–Trinajstić information content (AvgIpc) is 2.95. The van der Waals surface area contributed by atoms with Crippen LogP contribution in [0.1, 0.15) is 45.9 Å². The number of aromatic nitrogens is 3. The smallest absolute Gasteiger partial charge is 0.333 e. The van der Waals surface area contributed by atoms with Crippen molar-refractivity contribution >= 4 is 38.5 Å². The van der Waals surface area contributed by atoms with Crippen molar-refractivity contribution in [2.24, 2.45) is 0 Å². The molecule has 0 saturated heterocycles. The summed E-state index contributed by atoms with van der Waals surface area (Å²) in [4.78, 5) is 19.5. The molecule has 0 fully saturated rings. The van der Waals surface area contributed by atoms with E-state index in [4.69, 9.17) is 10.8 Å². The summed E-state index contributed by atoms with van der Waals surface area (Å²) in [5.74, 6) is -0.361. The van der Waals surface area contributed by atoms with Crippen LogP contribution < -0.4 is 10.3 Å². The van der Waals surface area contributed by atoms with E-state index in [1.165, 1.54) is 6.20 Å². The van der Waals surface area contributed by atoms with Crippen LogP contribution in [0.3, 0.4) is 0 Å². The molecule has 4 N–H and O–H groups in total. The summed E-state index contributed by atoms with van der Waals surface area (Å²) < 4.78 is 47.0. The Hall–Kier alpha value is -2.26. The number of rotatable bonds is 10. The van der Waals surface area contributed by atoms with Gasteiger partial charge in [-0.2, -0.15) is 4.57 Å². The first kappa shape index (κ1) is 24.0. The average molecular weight is 475 g/mol. The maximum absolute atomic E-state index is 11.3. The molecule has 14 heteroatoms. The highest BCUT2D eigenvalue weighted by atomic mass is 32.1. The number of nitrogens with zero attached hydrogens (tertiary/aromatic N) is 3. The maximum Gasteiger partial charge on any atom is 0.333 e. The second-order valence-corrected chi connectivity index (χ2v) is 10.5. The molecule has 1 unspecified atom stereocenters. The Balaban J connectivity index is 2.50. The number of nitrogens with two attached hydrogens (primary N) is 1. The van der Waals surface area contributed by atoms with Gasteiger partial charge >= 0.3 is 21.3 Å². The van der Waals surface area contributed by atoms with Gasteiger partial charge in [0.15, 0.2) is 17.6 Å². The Morgan fingerprint density at radius 2 is 1.90 bits per heavy atom. The third kappa shape index (κ3) is 5.89. The predicted octanol–water partition coefficient (Wildman–Crippen LogP) is 2.19. The number of carboxylic acids is 1. The Labute approximate surface area is 176 Å². The Morgan fingerprint density at radius 3 is 2.43 bits per heavy atom. The summed E-state index contributed by atoms with van der Waals surface area (Å²) >= 11 is 1.04. The first-order chi connectivity index (χ1) is 14.0. The van der Waals surface area contributed by atoms with Crippen molar-refractivity contribution in [2.45, 2.75) is 51.2 Å². The van der Waals surface area contributed by atoms with Crippen LogP contribution in [-0.2, 0) is 36.0 Å². The lowest BCUT2D eigenvalue weighted by Crippen LogP contribution is -2.41. The number of thiazole rings is 1. The van der Waals surface area contributed by atoms with E-state index in [-0.39, 0.29) is 31.6 Å². The van der Waals surface area contributed by atoms with E-state index in [0.29, 0.717) is 27.0 Å². The van der Waals surface area contributed by atoms with Crippen LogP contribution in [0.15, 0.2) is 6.20 Å². The lowest BCUT2D eigenvalue weighted by Gasteiger charge is -2.07. The molecule has 2 rings (SSSR count). The molecule has 1 atom stereocenters. The van der Waals surface area contributed by atoms with Gasteiger partial charge < -0.3 is 15.9 Å². The fourth-order valence-corrected chi connectivity index (χ4v) is 5.64. The molecule has 0 saturated carbocycles. The van der Waals surface area contributed by atoms with Crippen molar-refractivity contribution in [1.29, 1.82) is 0 Å². The summed E-state index contributed by atoms with van der Waals surface area (Å²) in [6.45, 7) is 3.49. The molecule has 2 aromatic heterocycles. The Kier molecular flexibility index (Phi) is 8.14. The number of aryl methyl sites for hydroxylation is 1. The fourth-order valence-electron chi connectivity index (χ4n) is 2.78. The van der Waals surface area contributed by atoms with E-state index >= 15 is 0 Å². The van der Waals surface area contributed by atoms with Crippen molar-refractivity contribution in [2.75, 3.05) is 5.73 Å². The zero-order valence-corrected chi connectivity index (χ0v) is 18.8. The molecule has 2 heterocycles. The van der Waals surface area contributed by atoms with Gasteiger partial charge in [0.2, 0.25) is 0 Å². The van der Waals surface area contributed by atoms with Gasteiger partial charge in [-0.3, -0.25) is 4.79 Å². The third-order valence-corrected chi connectivity index (χ3v) is 8.30. The van der Waals surface area contributed by atoms with Crippen LogP contribution in [0.25, 0.3) is 0 Å². The molecule has 0 amide bonds. The molecule has 0 spiro atoms. The minimum Gasteiger partial charge on any atom is -0.481 e. The number of carbonyl (C=O) groups is 1.